The van der Waals surface area contributed by atoms with Crippen LogP contribution in [0.1, 0.15) is 16.7 Å². The van der Waals surface area contributed by atoms with Crippen molar-refractivity contribution in [2.75, 3.05) is 5.73 Å². The van der Waals surface area contributed by atoms with E-state index in [9.17, 15) is 10.1 Å². The largest absolute Gasteiger partial charge is 0.368 e. The summed E-state index contributed by atoms with van der Waals surface area (Å²) < 4.78 is 1.65. The molecule has 2 N–H and O–H groups in total. The van der Waals surface area contributed by atoms with Crippen LogP contribution in [0.2, 0.25) is 0 Å². The highest BCUT2D eigenvalue weighted by atomic mass is 16.6. The molecule has 0 saturated carbocycles. The molecule has 0 unspecified atom stereocenters. The van der Waals surface area contributed by atoms with E-state index < -0.39 is 4.92 Å². The number of benzene rings is 1. The number of nitro groups is 1. The number of nitrogens with zero attached hydrogens (tertiary/aromatic N) is 7. The summed E-state index contributed by atoms with van der Waals surface area (Å²) in [7, 11) is 0. The van der Waals surface area contributed by atoms with Crippen LogP contribution >= 0.6 is 0 Å². The first-order valence-corrected chi connectivity index (χ1v) is 8.54. The van der Waals surface area contributed by atoms with Crippen LogP contribution in [0.4, 0.5) is 11.6 Å². The van der Waals surface area contributed by atoms with Crippen molar-refractivity contribution in [2.24, 2.45) is 0 Å². The van der Waals surface area contributed by atoms with Crippen molar-refractivity contribution in [3.05, 3.63) is 69.7 Å². The zero-order valence-electron chi connectivity index (χ0n) is 15.3. The summed E-state index contributed by atoms with van der Waals surface area (Å²) in [6.07, 6.45) is 4.69. The first-order chi connectivity index (χ1) is 14.0. The number of nitrogen functional groups attached to an aromatic ring is 1. The average molecular weight is 386 g/mol. The van der Waals surface area contributed by atoms with Gasteiger partial charge >= 0.3 is 0 Å². The number of nitro benzene ring substituents is 1. The number of nitrogens with two attached hydrogens (primary N) is 1. The lowest BCUT2D eigenvalue weighted by molar-refractivity contribution is -0.385. The van der Waals surface area contributed by atoms with E-state index in [2.05, 4.69) is 20.1 Å². The second-order valence-electron chi connectivity index (χ2n) is 6.42. The predicted molar refractivity (Wildman–Crippen MR) is 105 cm³/mol. The number of rotatable bonds is 4. The second kappa shape index (κ2) is 6.97. The van der Waals surface area contributed by atoms with Gasteiger partial charge < -0.3 is 5.73 Å². The molecule has 0 aliphatic heterocycles. The molecule has 0 bridgehead atoms. The van der Waals surface area contributed by atoms with Crippen molar-refractivity contribution in [1.29, 1.82) is 5.26 Å². The molecule has 4 rings (SSSR count). The Kier molecular flexibility index (Phi) is 4.33. The van der Waals surface area contributed by atoms with Crippen LogP contribution < -0.4 is 5.73 Å². The maximum Gasteiger partial charge on any atom is 0.272 e. The lowest BCUT2D eigenvalue weighted by atomic mass is 10.1. The fraction of sp³-hybridized carbons (Fsp3) is 0.105. The summed E-state index contributed by atoms with van der Waals surface area (Å²) in [5.41, 5.74) is 9.47. The van der Waals surface area contributed by atoms with E-state index in [1.165, 1.54) is 12.3 Å². The Labute approximate surface area is 164 Å². The molecule has 0 spiro atoms. The molecule has 3 aromatic heterocycles. The summed E-state index contributed by atoms with van der Waals surface area (Å²) in [5, 5.41) is 25.2. The van der Waals surface area contributed by atoms with Crippen molar-refractivity contribution >= 4 is 22.7 Å². The first kappa shape index (κ1) is 18.0. The molecule has 0 aliphatic rings. The first-order valence-electron chi connectivity index (χ1n) is 8.54. The smallest absolute Gasteiger partial charge is 0.272 e. The van der Waals surface area contributed by atoms with Gasteiger partial charge in [0.25, 0.3) is 5.69 Å². The molecule has 1 aromatic carbocycles. The van der Waals surface area contributed by atoms with Gasteiger partial charge in [-0.1, -0.05) is 6.07 Å². The van der Waals surface area contributed by atoms with Gasteiger partial charge in [-0.2, -0.15) is 15.3 Å². The van der Waals surface area contributed by atoms with Gasteiger partial charge in [-0.25, -0.2) is 9.67 Å². The number of pyridine rings is 1. The SMILES string of the molecule is Cc1cc(Cn2ncc3c(-c4cncc(C#N)c4)nc(N)nc32)ccc1[N+](=O)[O-]. The molecule has 0 fully saturated rings. The van der Waals surface area contributed by atoms with E-state index in [1.807, 2.05) is 6.07 Å². The summed E-state index contributed by atoms with van der Waals surface area (Å²) >= 11 is 0. The van der Waals surface area contributed by atoms with Crippen LogP contribution in [-0.4, -0.2) is 29.7 Å². The van der Waals surface area contributed by atoms with Gasteiger partial charge in [0.2, 0.25) is 5.95 Å². The molecule has 0 saturated heterocycles. The number of nitriles is 1. The van der Waals surface area contributed by atoms with Crippen LogP contribution in [0.3, 0.4) is 0 Å². The maximum absolute atomic E-state index is 11.0. The van der Waals surface area contributed by atoms with Crippen LogP contribution in [0.5, 0.6) is 0 Å². The number of aryl methyl sites for hydroxylation is 1. The van der Waals surface area contributed by atoms with E-state index in [4.69, 9.17) is 11.0 Å². The summed E-state index contributed by atoms with van der Waals surface area (Å²) in [6, 6.07) is 8.63. The number of aromatic nitrogens is 5. The molecule has 3 heterocycles. The third-order valence-corrected chi connectivity index (χ3v) is 4.44. The monoisotopic (exact) mass is 386 g/mol. The van der Waals surface area contributed by atoms with Gasteiger partial charge in [-0.3, -0.25) is 15.1 Å². The Morgan fingerprint density at radius 2 is 2.07 bits per heavy atom. The normalized spacial score (nSPS) is 10.8. The van der Waals surface area contributed by atoms with Crippen molar-refractivity contribution < 1.29 is 4.92 Å². The molecule has 142 valence electrons. The Morgan fingerprint density at radius 1 is 1.24 bits per heavy atom. The summed E-state index contributed by atoms with van der Waals surface area (Å²) in [5.74, 6) is 0.0662. The molecule has 0 atom stereocenters. The fourth-order valence-electron chi connectivity index (χ4n) is 3.13. The number of hydrogen-bond acceptors (Lipinski definition) is 8. The summed E-state index contributed by atoms with van der Waals surface area (Å²) in [6.45, 7) is 2.05. The van der Waals surface area contributed by atoms with Gasteiger partial charge in [0, 0.05) is 29.6 Å². The molecular formula is C19H14N8O2. The Hall–Kier alpha value is -4.39. The highest BCUT2D eigenvalue weighted by Gasteiger charge is 2.16. The van der Waals surface area contributed by atoms with E-state index in [0.29, 0.717) is 40.0 Å². The quantitative estimate of drug-likeness (QED) is 0.415. The minimum absolute atomic E-state index is 0.0662. The third-order valence-electron chi connectivity index (χ3n) is 4.44. The minimum Gasteiger partial charge on any atom is -0.368 e. The van der Waals surface area contributed by atoms with Gasteiger partial charge in [0.1, 0.15) is 6.07 Å². The fourth-order valence-corrected chi connectivity index (χ4v) is 3.13. The molecular weight excluding hydrogens is 372 g/mol. The van der Waals surface area contributed by atoms with E-state index >= 15 is 0 Å². The molecule has 29 heavy (non-hydrogen) atoms. The molecule has 10 heteroatoms. The Balaban J connectivity index is 1.78. The minimum atomic E-state index is -0.411. The van der Waals surface area contributed by atoms with E-state index in [1.54, 1.807) is 42.2 Å². The van der Waals surface area contributed by atoms with Crippen LogP contribution in [0, 0.1) is 28.4 Å². The number of hydrogen-bond donors (Lipinski definition) is 1. The Bertz CT molecular complexity index is 1310. The molecule has 0 radical (unpaired) electrons. The van der Waals surface area contributed by atoms with Crippen molar-refractivity contribution in [1.82, 2.24) is 24.7 Å². The molecule has 0 amide bonds. The second-order valence-corrected chi connectivity index (χ2v) is 6.42. The average Bonchev–Trinajstić information content (AvgIpc) is 3.09. The van der Waals surface area contributed by atoms with Gasteiger partial charge in [0.15, 0.2) is 5.65 Å². The topological polar surface area (TPSA) is 149 Å². The zero-order valence-corrected chi connectivity index (χ0v) is 15.3. The highest BCUT2D eigenvalue weighted by Crippen LogP contribution is 2.27. The van der Waals surface area contributed by atoms with Crippen molar-refractivity contribution in [3.63, 3.8) is 0 Å². The van der Waals surface area contributed by atoms with Crippen molar-refractivity contribution in [2.45, 2.75) is 13.5 Å². The van der Waals surface area contributed by atoms with E-state index in [0.717, 1.165) is 5.56 Å². The van der Waals surface area contributed by atoms with Gasteiger partial charge in [0.05, 0.1) is 34.3 Å². The zero-order chi connectivity index (χ0) is 20.5. The number of fused-ring (bicyclic) bond motifs is 1. The number of anilines is 1. The highest BCUT2D eigenvalue weighted by molar-refractivity contribution is 5.91. The lowest BCUT2D eigenvalue weighted by Crippen LogP contribution is -2.05. The standard InChI is InChI=1S/C19H14N8O2/c1-11-4-12(2-3-16(11)27(28)29)10-26-18-15(9-23-26)17(24-19(21)25-18)14-5-13(6-20)7-22-8-14/h2-5,7-9H,10H2,1H3,(H2,21,24,25). The Morgan fingerprint density at radius 3 is 2.79 bits per heavy atom. The lowest BCUT2D eigenvalue weighted by Gasteiger charge is -2.07. The van der Waals surface area contributed by atoms with Gasteiger partial charge in [-0.05, 0) is 24.6 Å². The van der Waals surface area contributed by atoms with Crippen LogP contribution in [0.15, 0.2) is 42.9 Å². The molecule has 0 aliphatic carbocycles. The predicted octanol–water partition coefficient (Wildman–Crippen LogP) is 2.61. The molecule has 10 nitrogen and oxygen atoms in total. The van der Waals surface area contributed by atoms with Crippen LogP contribution in [-0.2, 0) is 6.54 Å². The van der Waals surface area contributed by atoms with Crippen molar-refractivity contribution in [3.8, 4) is 17.3 Å². The van der Waals surface area contributed by atoms with E-state index in [-0.39, 0.29) is 11.6 Å². The summed E-state index contributed by atoms with van der Waals surface area (Å²) in [4.78, 5) is 23.3. The molecule has 4 aromatic rings. The van der Waals surface area contributed by atoms with Crippen LogP contribution in [0.25, 0.3) is 22.3 Å². The maximum atomic E-state index is 11.0. The van der Waals surface area contributed by atoms with Gasteiger partial charge in [-0.15, -0.1) is 0 Å². The third kappa shape index (κ3) is 3.32.